The smallest absolute Gasteiger partial charge is 0.219 e. The molecule has 1 N–H and O–H groups in total. The molecule has 2 aromatic rings. The normalized spacial score (nSPS) is 16.3. The van der Waals surface area contributed by atoms with Crippen molar-refractivity contribution in [3.05, 3.63) is 29.8 Å². The molecule has 0 aromatic carbocycles. The molecule has 2 aromatic heterocycles. The number of rotatable bonds is 4. The third kappa shape index (κ3) is 3.21. The van der Waals surface area contributed by atoms with Gasteiger partial charge in [0.05, 0.1) is 0 Å². The Morgan fingerprint density at radius 3 is 2.73 bits per heavy atom. The topological polar surface area (TPSA) is 66.9 Å². The van der Waals surface area contributed by atoms with E-state index in [4.69, 9.17) is 4.74 Å². The minimum absolute atomic E-state index is 0.216. The van der Waals surface area contributed by atoms with Crippen LogP contribution in [0.5, 0.6) is 5.88 Å². The maximum absolute atomic E-state index is 6.01. The van der Waals surface area contributed by atoms with Crippen molar-refractivity contribution in [2.75, 3.05) is 18.0 Å². The highest BCUT2D eigenvalue weighted by atomic mass is 16.5. The first-order valence-corrected chi connectivity index (χ1v) is 7.87. The number of piperidine rings is 1. The predicted molar refractivity (Wildman–Crippen MR) is 85.3 cm³/mol. The first-order chi connectivity index (χ1) is 10.6. The molecule has 3 heterocycles. The van der Waals surface area contributed by atoms with Gasteiger partial charge in [-0.3, -0.25) is 5.10 Å². The lowest BCUT2D eigenvalue weighted by atomic mass is 10.1. The van der Waals surface area contributed by atoms with Crippen molar-refractivity contribution in [1.82, 2.24) is 20.2 Å². The second kappa shape index (κ2) is 6.34. The van der Waals surface area contributed by atoms with Gasteiger partial charge in [0.2, 0.25) is 5.88 Å². The molecule has 0 amide bonds. The van der Waals surface area contributed by atoms with Crippen LogP contribution in [0.15, 0.2) is 18.6 Å². The van der Waals surface area contributed by atoms with E-state index in [-0.39, 0.29) is 6.10 Å². The first kappa shape index (κ1) is 14.8. The molecule has 1 saturated heterocycles. The lowest BCUT2D eigenvalue weighted by Gasteiger charge is -2.32. The van der Waals surface area contributed by atoms with Crippen LogP contribution in [0.2, 0.25) is 0 Å². The van der Waals surface area contributed by atoms with E-state index in [9.17, 15) is 0 Å². The van der Waals surface area contributed by atoms with E-state index in [2.05, 4.69) is 45.0 Å². The van der Waals surface area contributed by atoms with E-state index in [0.29, 0.717) is 11.8 Å². The van der Waals surface area contributed by atoms with Gasteiger partial charge in [-0.1, -0.05) is 13.8 Å². The highest BCUT2D eigenvalue weighted by molar-refractivity contribution is 5.40. The van der Waals surface area contributed by atoms with E-state index in [1.165, 1.54) is 12.0 Å². The Bertz CT molecular complexity index is 617. The molecule has 0 spiro atoms. The maximum atomic E-state index is 6.01. The van der Waals surface area contributed by atoms with Gasteiger partial charge in [0.25, 0.3) is 0 Å². The maximum Gasteiger partial charge on any atom is 0.219 e. The summed E-state index contributed by atoms with van der Waals surface area (Å²) in [4.78, 5) is 10.5. The molecule has 0 radical (unpaired) electrons. The molecule has 1 aliphatic rings. The van der Waals surface area contributed by atoms with Crippen LogP contribution in [0, 0.1) is 6.92 Å². The zero-order valence-electron chi connectivity index (χ0n) is 13.4. The monoisotopic (exact) mass is 301 g/mol. The summed E-state index contributed by atoms with van der Waals surface area (Å²) in [7, 11) is 0. The van der Waals surface area contributed by atoms with Crippen LogP contribution in [0.25, 0.3) is 0 Å². The largest absolute Gasteiger partial charge is 0.474 e. The summed E-state index contributed by atoms with van der Waals surface area (Å²) in [6.07, 6.45) is 5.50. The number of hydrogen-bond donors (Lipinski definition) is 1. The third-order valence-corrected chi connectivity index (χ3v) is 4.10. The molecule has 0 aliphatic carbocycles. The molecule has 0 unspecified atom stereocenters. The first-order valence-electron chi connectivity index (χ1n) is 7.87. The minimum Gasteiger partial charge on any atom is -0.474 e. The van der Waals surface area contributed by atoms with E-state index < -0.39 is 0 Å². The molecule has 3 rings (SSSR count). The summed E-state index contributed by atoms with van der Waals surface area (Å²) in [5.41, 5.74) is 2.17. The Morgan fingerprint density at radius 1 is 1.32 bits per heavy atom. The number of anilines is 1. The van der Waals surface area contributed by atoms with Crippen molar-refractivity contribution in [2.24, 2.45) is 0 Å². The number of aromatic amines is 1. The molecule has 6 heteroatoms. The number of hydrogen-bond acceptors (Lipinski definition) is 5. The molecule has 6 nitrogen and oxygen atoms in total. The minimum atomic E-state index is 0.216. The zero-order valence-corrected chi connectivity index (χ0v) is 13.4. The van der Waals surface area contributed by atoms with Gasteiger partial charge in [-0.15, -0.1) is 0 Å². The molecule has 118 valence electrons. The van der Waals surface area contributed by atoms with E-state index in [0.717, 1.165) is 37.3 Å². The fraction of sp³-hybridized carbons (Fsp3) is 0.562. The summed E-state index contributed by atoms with van der Waals surface area (Å²) in [5.74, 6) is 2.22. The standard InChI is InChI=1S/C16H23N5O/c1-11(2)14-8-15(20-19-14)21-6-4-13(5-7-21)22-16-12(3)9-17-10-18-16/h8-11,13H,4-7H2,1-3H3,(H,19,20). The van der Waals surface area contributed by atoms with Crippen molar-refractivity contribution in [3.8, 4) is 5.88 Å². The van der Waals surface area contributed by atoms with Crippen molar-refractivity contribution in [3.63, 3.8) is 0 Å². The van der Waals surface area contributed by atoms with Gasteiger partial charge >= 0.3 is 0 Å². The second-order valence-corrected chi connectivity index (χ2v) is 6.15. The van der Waals surface area contributed by atoms with Gasteiger partial charge in [-0.2, -0.15) is 5.10 Å². The van der Waals surface area contributed by atoms with Gasteiger partial charge < -0.3 is 9.64 Å². The highest BCUT2D eigenvalue weighted by Gasteiger charge is 2.23. The average Bonchev–Trinajstić information content (AvgIpc) is 3.00. The molecule has 0 saturated carbocycles. The molecule has 0 bridgehead atoms. The van der Waals surface area contributed by atoms with Crippen molar-refractivity contribution < 1.29 is 4.74 Å². The number of H-pyrrole nitrogens is 1. The van der Waals surface area contributed by atoms with E-state index in [1.54, 1.807) is 6.20 Å². The Morgan fingerprint density at radius 2 is 2.09 bits per heavy atom. The summed E-state index contributed by atoms with van der Waals surface area (Å²) in [6.45, 7) is 8.22. The number of ether oxygens (including phenoxy) is 1. The lowest BCUT2D eigenvalue weighted by Crippen LogP contribution is -2.38. The number of aryl methyl sites for hydroxylation is 1. The van der Waals surface area contributed by atoms with Gasteiger partial charge in [0.1, 0.15) is 12.4 Å². The SMILES string of the molecule is Cc1cncnc1OC1CCN(c2cc(C(C)C)[nH]n2)CC1. The van der Waals surface area contributed by atoms with Crippen LogP contribution in [-0.4, -0.2) is 39.4 Å². The molecule has 1 fully saturated rings. The molecule has 0 atom stereocenters. The highest BCUT2D eigenvalue weighted by Crippen LogP contribution is 2.24. The zero-order chi connectivity index (χ0) is 15.5. The van der Waals surface area contributed by atoms with Gasteiger partial charge in [-0.25, -0.2) is 9.97 Å². The Labute approximate surface area is 130 Å². The van der Waals surface area contributed by atoms with Crippen molar-refractivity contribution in [1.29, 1.82) is 0 Å². The van der Waals surface area contributed by atoms with Crippen LogP contribution in [0.1, 0.15) is 43.9 Å². The molecular weight excluding hydrogens is 278 g/mol. The van der Waals surface area contributed by atoms with Crippen LogP contribution >= 0.6 is 0 Å². The van der Waals surface area contributed by atoms with E-state index >= 15 is 0 Å². The number of aromatic nitrogens is 4. The van der Waals surface area contributed by atoms with Crippen molar-refractivity contribution >= 4 is 5.82 Å². The van der Waals surface area contributed by atoms with Gasteiger partial charge in [0, 0.05) is 49.5 Å². The Hall–Kier alpha value is -2.11. The second-order valence-electron chi connectivity index (χ2n) is 6.15. The Balaban J connectivity index is 1.57. The fourth-order valence-electron chi connectivity index (χ4n) is 2.66. The molecule has 22 heavy (non-hydrogen) atoms. The summed E-state index contributed by atoms with van der Waals surface area (Å²) < 4.78 is 6.01. The fourth-order valence-corrected chi connectivity index (χ4v) is 2.66. The molecular formula is C16H23N5O. The number of nitrogens with zero attached hydrogens (tertiary/aromatic N) is 4. The molecule has 1 aliphatic heterocycles. The summed E-state index contributed by atoms with van der Waals surface area (Å²) >= 11 is 0. The van der Waals surface area contributed by atoms with Crippen LogP contribution in [-0.2, 0) is 0 Å². The van der Waals surface area contributed by atoms with Crippen LogP contribution in [0.3, 0.4) is 0 Å². The number of nitrogens with one attached hydrogen (secondary N) is 1. The van der Waals surface area contributed by atoms with Crippen LogP contribution < -0.4 is 9.64 Å². The Kier molecular flexibility index (Phi) is 4.27. The quantitative estimate of drug-likeness (QED) is 0.940. The third-order valence-electron chi connectivity index (χ3n) is 4.10. The summed E-state index contributed by atoms with van der Waals surface area (Å²) in [5, 5.41) is 7.54. The predicted octanol–water partition coefficient (Wildman–Crippen LogP) is 2.68. The lowest BCUT2D eigenvalue weighted by molar-refractivity contribution is 0.162. The van der Waals surface area contributed by atoms with Crippen LogP contribution in [0.4, 0.5) is 5.82 Å². The van der Waals surface area contributed by atoms with Gasteiger partial charge in [0.15, 0.2) is 5.82 Å². The van der Waals surface area contributed by atoms with Gasteiger partial charge in [-0.05, 0) is 12.8 Å². The summed E-state index contributed by atoms with van der Waals surface area (Å²) in [6, 6.07) is 2.15. The van der Waals surface area contributed by atoms with Crippen molar-refractivity contribution in [2.45, 2.75) is 45.6 Å². The van der Waals surface area contributed by atoms with E-state index in [1.807, 2.05) is 6.92 Å². The average molecular weight is 301 g/mol.